The van der Waals surface area contributed by atoms with E-state index < -0.39 is 0 Å². The second-order valence-corrected chi connectivity index (χ2v) is 6.57. The third kappa shape index (κ3) is 4.47. The largest absolute Gasteiger partial charge is 0.495 e. The first-order valence-electron chi connectivity index (χ1n) is 9.46. The van der Waals surface area contributed by atoms with Crippen molar-refractivity contribution in [1.29, 1.82) is 0 Å². The number of carbonyl (C=O) groups excluding carboxylic acids is 1. The molecule has 0 aliphatic rings. The molecule has 7 nitrogen and oxygen atoms in total. The molecule has 7 heteroatoms. The van der Waals surface area contributed by atoms with Crippen molar-refractivity contribution < 1.29 is 9.53 Å². The fourth-order valence-electron chi connectivity index (χ4n) is 3.12. The SMILES string of the molecule is COc1ccccc1NC(=O)Nc1cccc(CNc2ncnc3ccccc23)c1. The van der Waals surface area contributed by atoms with Crippen molar-refractivity contribution in [3.8, 4) is 5.75 Å². The first-order valence-corrected chi connectivity index (χ1v) is 9.46. The van der Waals surface area contributed by atoms with Crippen LogP contribution in [0.2, 0.25) is 0 Å². The summed E-state index contributed by atoms with van der Waals surface area (Å²) in [5.74, 6) is 1.37. The molecule has 0 bridgehead atoms. The molecule has 0 saturated heterocycles. The highest BCUT2D eigenvalue weighted by atomic mass is 16.5. The predicted molar refractivity (Wildman–Crippen MR) is 119 cm³/mol. The lowest BCUT2D eigenvalue weighted by Crippen LogP contribution is -2.19. The van der Waals surface area contributed by atoms with Gasteiger partial charge in [0.2, 0.25) is 0 Å². The topological polar surface area (TPSA) is 88.2 Å². The van der Waals surface area contributed by atoms with Crippen molar-refractivity contribution in [3.05, 3.63) is 84.7 Å². The summed E-state index contributed by atoms with van der Waals surface area (Å²) in [7, 11) is 1.57. The standard InChI is InChI=1S/C23H21N5O2/c1-30-21-12-5-4-11-20(21)28-23(29)27-17-8-6-7-16(13-17)14-24-22-18-9-2-3-10-19(18)25-15-26-22/h2-13,15H,14H2,1H3,(H,24,25,26)(H2,27,28,29). The number of urea groups is 1. The number of ether oxygens (including phenoxy) is 1. The molecule has 0 aliphatic carbocycles. The molecule has 2 amide bonds. The second-order valence-electron chi connectivity index (χ2n) is 6.57. The van der Waals surface area contributed by atoms with Gasteiger partial charge in [0.05, 0.1) is 18.3 Å². The molecule has 150 valence electrons. The van der Waals surface area contributed by atoms with Gasteiger partial charge in [0.15, 0.2) is 0 Å². The quantitative estimate of drug-likeness (QED) is 0.429. The molecule has 0 fully saturated rings. The first-order chi connectivity index (χ1) is 14.7. The van der Waals surface area contributed by atoms with Gasteiger partial charge in [0.1, 0.15) is 17.9 Å². The van der Waals surface area contributed by atoms with Gasteiger partial charge in [-0.3, -0.25) is 0 Å². The highest BCUT2D eigenvalue weighted by molar-refractivity contribution is 6.00. The van der Waals surface area contributed by atoms with Crippen molar-refractivity contribution >= 4 is 34.1 Å². The number of hydrogen-bond acceptors (Lipinski definition) is 5. The molecule has 0 spiro atoms. The van der Waals surface area contributed by atoms with Crippen LogP contribution in [0.3, 0.4) is 0 Å². The van der Waals surface area contributed by atoms with Crippen molar-refractivity contribution in [1.82, 2.24) is 9.97 Å². The van der Waals surface area contributed by atoms with E-state index in [4.69, 9.17) is 4.74 Å². The van der Waals surface area contributed by atoms with E-state index in [1.54, 1.807) is 25.6 Å². The number of amides is 2. The van der Waals surface area contributed by atoms with Crippen LogP contribution in [0.1, 0.15) is 5.56 Å². The van der Waals surface area contributed by atoms with Gasteiger partial charge in [-0.2, -0.15) is 0 Å². The van der Waals surface area contributed by atoms with E-state index in [2.05, 4.69) is 25.9 Å². The minimum Gasteiger partial charge on any atom is -0.495 e. The lowest BCUT2D eigenvalue weighted by Gasteiger charge is -2.12. The fourth-order valence-corrected chi connectivity index (χ4v) is 3.12. The first kappa shape index (κ1) is 19.2. The zero-order valence-corrected chi connectivity index (χ0v) is 16.4. The molecule has 1 heterocycles. The predicted octanol–water partition coefficient (Wildman–Crippen LogP) is 4.89. The summed E-state index contributed by atoms with van der Waals surface area (Å²) in [4.78, 5) is 21.0. The number of fused-ring (bicyclic) bond motifs is 1. The summed E-state index contributed by atoms with van der Waals surface area (Å²) in [6, 6.07) is 22.4. The fraction of sp³-hybridized carbons (Fsp3) is 0.0870. The van der Waals surface area contributed by atoms with E-state index in [1.807, 2.05) is 60.7 Å². The minimum atomic E-state index is -0.341. The van der Waals surface area contributed by atoms with Gasteiger partial charge in [-0.05, 0) is 42.0 Å². The van der Waals surface area contributed by atoms with Crippen molar-refractivity contribution in [2.75, 3.05) is 23.1 Å². The summed E-state index contributed by atoms with van der Waals surface area (Å²) < 4.78 is 5.26. The van der Waals surface area contributed by atoms with Crippen LogP contribution in [0.4, 0.5) is 22.0 Å². The van der Waals surface area contributed by atoms with Gasteiger partial charge < -0.3 is 20.7 Å². The summed E-state index contributed by atoms with van der Waals surface area (Å²) in [6.07, 6.45) is 1.55. The van der Waals surface area contributed by atoms with E-state index >= 15 is 0 Å². The summed E-state index contributed by atoms with van der Waals surface area (Å²) >= 11 is 0. The van der Waals surface area contributed by atoms with Crippen LogP contribution in [-0.4, -0.2) is 23.1 Å². The van der Waals surface area contributed by atoms with Crippen LogP contribution in [0.15, 0.2) is 79.1 Å². The smallest absolute Gasteiger partial charge is 0.323 e. The monoisotopic (exact) mass is 399 g/mol. The summed E-state index contributed by atoms with van der Waals surface area (Å²) in [6.45, 7) is 0.560. The molecule has 0 atom stereocenters. The summed E-state index contributed by atoms with van der Waals surface area (Å²) in [5, 5.41) is 9.96. The van der Waals surface area contributed by atoms with Crippen LogP contribution < -0.4 is 20.7 Å². The Morgan fingerprint density at radius 3 is 2.67 bits per heavy atom. The number of para-hydroxylation sites is 3. The van der Waals surface area contributed by atoms with Crippen LogP contribution in [0.5, 0.6) is 5.75 Å². The lowest BCUT2D eigenvalue weighted by molar-refractivity contribution is 0.262. The Kier molecular flexibility index (Phi) is 5.70. The van der Waals surface area contributed by atoms with E-state index in [0.29, 0.717) is 23.7 Å². The highest BCUT2D eigenvalue weighted by Gasteiger charge is 2.08. The van der Waals surface area contributed by atoms with Crippen LogP contribution in [-0.2, 0) is 6.54 Å². The van der Waals surface area contributed by atoms with Gasteiger partial charge in [0.25, 0.3) is 0 Å². The maximum absolute atomic E-state index is 12.4. The molecule has 30 heavy (non-hydrogen) atoms. The molecule has 0 radical (unpaired) electrons. The molecule has 0 saturated carbocycles. The average molecular weight is 399 g/mol. The van der Waals surface area contributed by atoms with E-state index in [0.717, 1.165) is 22.3 Å². The third-order valence-corrected chi connectivity index (χ3v) is 4.54. The van der Waals surface area contributed by atoms with E-state index in [-0.39, 0.29) is 6.03 Å². The van der Waals surface area contributed by atoms with E-state index in [1.165, 1.54) is 0 Å². The van der Waals surface area contributed by atoms with Crippen molar-refractivity contribution in [3.63, 3.8) is 0 Å². The Hall–Kier alpha value is -4.13. The van der Waals surface area contributed by atoms with E-state index in [9.17, 15) is 4.79 Å². The molecule has 4 aromatic rings. The Balaban J connectivity index is 1.42. The maximum atomic E-state index is 12.4. The maximum Gasteiger partial charge on any atom is 0.323 e. The molecule has 3 aromatic carbocycles. The Morgan fingerprint density at radius 2 is 1.77 bits per heavy atom. The number of nitrogens with zero attached hydrogens (tertiary/aromatic N) is 2. The minimum absolute atomic E-state index is 0.341. The molecule has 1 aromatic heterocycles. The Bertz CT molecular complexity index is 1170. The number of carbonyl (C=O) groups is 1. The number of hydrogen-bond donors (Lipinski definition) is 3. The number of aromatic nitrogens is 2. The van der Waals surface area contributed by atoms with Gasteiger partial charge in [-0.1, -0.05) is 36.4 Å². The van der Waals surface area contributed by atoms with Gasteiger partial charge in [-0.25, -0.2) is 14.8 Å². The zero-order chi connectivity index (χ0) is 20.8. The Labute approximate surface area is 174 Å². The van der Waals surface area contributed by atoms with Crippen LogP contribution >= 0.6 is 0 Å². The average Bonchev–Trinajstić information content (AvgIpc) is 2.78. The lowest BCUT2D eigenvalue weighted by atomic mass is 10.2. The molecule has 0 aliphatic heterocycles. The molecule has 0 unspecified atom stereocenters. The van der Waals surface area contributed by atoms with Gasteiger partial charge in [0, 0.05) is 17.6 Å². The molecular weight excluding hydrogens is 378 g/mol. The Morgan fingerprint density at radius 1 is 0.933 bits per heavy atom. The van der Waals surface area contributed by atoms with Crippen molar-refractivity contribution in [2.45, 2.75) is 6.54 Å². The molecule has 4 rings (SSSR count). The number of anilines is 3. The van der Waals surface area contributed by atoms with Crippen LogP contribution in [0.25, 0.3) is 10.9 Å². The molecule has 3 N–H and O–H groups in total. The number of methoxy groups -OCH3 is 1. The summed E-state index contributed by atoms with van der Waals surface area (Å²) in [5.41, 5.74) is 3.19. The zero-order valence-electron chi connectivity index (χ0n) is 16.4. The normalized spacial score (nSPS) is 10.4. The third-order valence-electron chi connectivity index (χ3n) is 4.54. The molecular formula is C23H21N5O2. The number of benzene rings is 3. The van der Waals surface area contributed by atoms with Crippen LogP contribution in [0, 0.1) is 0 Å². The number of nitrogens with one attached hydrogen (secondary N) is 3. The van der Waals surface area contributed by atoms with Gasteiger partial charge in [-0.15, -0.1) is 0 Å². The highest BCUT2D eigenvalue weighted by Crippen LogP contribution is 2.23. The van der Waals surface area contributed by atoms with Crippen molar-refractivity contribution in [2.24, 2.45) is 0 Å². The number of rotatable bonds is 6. The second kappa shape index (κ2) is 8.91. The van der Waals surface area contributed by atoms with Gasteiger partial charge >= 0.3 is 6.03 Å².